The van der Waals surface area contributed by atoms with Gasteiger partial charge in [-0.3, -0.25) is 0 Å². The number of aromatic hydroxyl groups is 1. The molecule has 72 valence electrons. The predicted octanol–water partition coefficient (Wildman–Crippen LogP) is 1.96. The minimum Gasteiger partial charge on any atom is -0.504 e. The Morgan fingerprint density at radius 2 is 2.21 bits per heavy atom. The van der Waals surface area contributed by atoms with E-state index in [2.05, 4.69) is 4.98 Å². The Balaban J connectivity index is 2.02. The lowest BCUT2D eigenvalue weighted by molar-refractivity contribution is 0.252. The van der Waals surface area contributed by atoms with E-state index in [0.29, 0.717) is 11.6 Å². The number of phenolic OH excluding ortho intramolecular Hbond substituents is 1. The van der Waals surface area contributed by atoms with Gasteiger partial charge in [-0.25, -0.2) is 4.98 Å². The average Bonchev–Trinajstić information content (AvgIpc) is 2.69. The monoisotopic (exact) mass is 191 g/mol. The van der Waals surface area contributed by atoms with E-state index in [1.807, 2.05) is 0 Å². The van der Waals surface area contributed by atoms with E-state index in [0.717, 1.165) is 0 Å². The summed E-state index contributed by atoms with van der Waals surface area (Å²) in [6, 6.07) is 6.75. The maximum atomic E-state index is 9.36. The molecule has 1 heterocycles. The second kappa shape index (κ2) is 3.83. The smallest absolute Gasteiger partial charge is 0.232 e. The number of hydrogen-bond donors (Lipinski definition) is 1. The fourth-order valence-electron chi connectivity index (χ4n) is 1.04. The summed E-state index contributed by atoms with van der Waals surface area (Å²) < 4.78 is 10.3. The van der Waals surface area contributed by atoms with E-state index >= 15 is 0 Å². The molecule has 0 aliphatic carbocycles. The molecule has 0 atom stereocenters. The third-order valence-electron chi connectivity index (χ3n) is 1.70. The molecule has 0 bridgehead atoms. The second-order valence-electron chi connectivity index (χ2n) is 2.68. The molecule has 2 aromatic rings. The number of ether oxygens (including phenoxy) is 1. The van der Waals surface area contributed by atoms with Crippen LogP contribution in [0.4, 0.5) is 0 Å². The lowest BCUT2D eigenvalue weighted by Crippen LogP contribution is -1.95. The molecule has 1 aromatic carbocycles. The Kier molecular flexibility index (Phi) is 2.36. The van der Waals surface area contributed by atoms with Crippen LogP contribution in [0.1, 0.15) is 5.89 Å². The molecule has 0 amide bonds. The standard InChI is InChI=1S/C10H9NO3/c12-8-3-1-2-4-9(8)14-7-10-11-5-6-13-10/h1-6,12H,7H2. The number of oxazole rings is 1. The van der Waals surface area contributed by atoms with Crippen molar-refractivity contribution in [2.75, 3.05) is 0 Å². The van der Waals surface area contributed by atoms with Gasteiger partial charge in [0.25, 0.3) is 0 Å². The zero-order valence-corrected chi connectivity index (χ0v) is 7.38. The van der Waals surface area contributed by atoms with Crippen LogP contribution in [0.3, 0.4) is 0 Å². The predicted molar refractivity (Wildman–Crippen MR) is 48.9 cm³/mol. The average molecular weight is 191 g/mol. The van der Waals surface area contributed by atoms with Gasteiger partial charge in [0.05, 0.1) is 6.20 Å². The molecule has 0 aliphatic rings. The van der Waals surface area contributed by atoms with E-state index in [4.69, 9.17) is 9.15 Å². The molecule has 0 unspecified atom stereocenters. The fourth-order valence-corrected chi connectivity index (χ4v) is 1.04. The Bertz CT molecular complexity index is 398. The summed E-state index contributed by atoms with van der Waals surface area (Å²) in [5.74, 6) is 1.01. The molecule has 0 radical (unpaired) electrons. The second-order valence-corrected chi connectivity index (χ2v) is 2.68. The van der Waals surface area contributed by atoms with Crippen molar-refractivity contribution in [1.29, 1.82) is 0 Å². The highest BCUT2D eigenvalue weighted by atomic mass is 16.5. The molecule has 4 heteroatoms. The summed E-state index contributed by atoms with van der Waals surface area (Å²) in [6.45, 7) is 0.213. The van der Waals surface area contributed by atoms with Crippen LogP contribution in [0.5, 0.6) is 11.5 Å². The molecule has 0 fully saturated rings. The lowest BCUT2D eigenvalue weighted by Gasteiger charge is -2.04. The number of hydrogen-bond acceptors (Lipinski definition) is 4. The summed E-state index contributed by atoms with van der Waals surface area (Å²) in [7, 11) is 0. The Morgan fingerprint density at radius 3 is 2.93 bits per heavy atom. The summed E-state index contributed by atoms with van der Waals surface area (Å²) >= 11 is 0. The number of aromatic nitrogens is 1. The van der Waals surface area contributed by atoms with E-state index in [9.17, 15) is 5.11 Å². The molecular formula is C10H9NO3. The normalized spacial score (nSPS) is 10.0. The van der Waals surface area contributed by atoms with Crippen LogP contribution in [0.25, 0.3) is 0 Å². The van der Waals surface area contributed by atoms with Gasteiger partial charge in [0.1, 0.15) is 6.26 Å². The van der Waals surface area contributed by atoms with Gasteiger partial charge in [-0.1, -0.05) is 12.1 Å². The van der Waals surface area contributed by atoms with E-state index in [1.165, 1.54) is 6.26 Å². The minimum absolute atomic E-state index is 0.110. The van der Waals surface area contributed by atoms with Crippen molar-refractivity contribution in [1.82, 2.24) is 4.98 Å². The van der Waals surface area contributed by atoms with Crippen molar-refractivity contribution in [2.45, 2.75) is 6.61 Å². The van der Waals surface area contributed by atoms with Crippen LogP contribution in [0.15, 0.2) is 41.1 Å². The van der Waals surface area contributed by atoms with E-state index in [-0.39, 0.29) is 12.4 Å². The molecular weight excluding hydrogens is 182 g/mol. The first-order valence-corrected chi connectivity index (χ1v) is 4.15. The van der Waals surface area contributed by atoms with Gasteiger partial charge in [0.15, 0.2) is 18.1 Å². The number of para-hydroxylation sites is 2. The minimum atomic E-state index is 0.110. The molecule has 0 saturated heterocycles. The van der Waals surface area contributed by atoms with Gasteiger partial charge in [0.2, 0.25) is 5.89 Å². The Labute approximate surface area is 80.8 Å². The Hall–Kier alpha value is -1.97. The third-order valence-corrected chi connectivity index (χ3v) is 1.70. The van der Waals surface area contributed by atoms with Crippen molar-refractivity contribution in [2.24, 2.45) is 0 Å². The quantitative estimate of drug-likeness (QED) is 0.805. The first-order chi connectivity index (χ1) is 6.86. The number of rotatable bonds is 3. The first-order valence-electron chi connectivity index (χ1n) is 4.15. The molecule has 1 aromatic heterocycles. The fraction of sp³-hybridized carbons (Fsp3) is 0.100. The first kappa shape index (κ1) is 8.62. The topological polar surface area (TPSA) is 55.5 Å². The molecule has 1 N–H and O–H groups in total. The number of benzene rings is 1. The largest absolute Gasteiger partial charge is 0.504 e. The van der Waals surface area contributed by atoms with Gasteiger partial charge >= 0.3 is 0 Å². The van der Waals surface area contributed by atoms with Crippen LogP contribution in [-0.2, 0) is 6.61 Å². The van der Waals surface area contributed by atoms with E-state index in [1.54, 1.807) is 30.5 Å². The summed E-state index contributed by atoms with van der Waals surface area (Å²) in [5.41, 5.74) is 0. The highest BCUT2D eigenvalue weighted by molar-refractivity contribution is 5.37. The maximum Gasteiger partial charge on any atom is 0.232 e. The van der Waals surface area contributed by atoms with Crippen molar-refractivity contribution in [3.05, 3.63) is 42.6 Å². The number of nitrogens with zero attached hydrogens (tertiary/aromatic N) is 1. The van der Waals surface area contributed by atoms with Crippen molar-refractivity contribution >= 4 is 0 Å². The molecule has 0 spiro atoms. The third kappa shape index (κ3) is 1.85. The van der Waals surface area contributed by atoms with Crippen molar-refractivity contribution in [3.63, 3.8) is 0 Å². The summed E-state index contributed by atoms with van der Waals surface area (Å²) in [6.07, 6.45) is 3.02. The molecule has 0 aliphatic heterocycles. The van der Waals surface area contributed by atoms with Gasteiger partial charge in [-0.2, -0.15) is 0 Å². The van der Waals surface area contributed by atoms with Gasteiger partial charge < -0.3 is 14.3 Å². The molecule has 4 nitrogen and oxygen atoms in total. The number of phenols is 1. The van der Waals surface area contributed by atoms with Crippen LogP contribution >= 0.6 is 0 Å². The van der Waals surface area contributed by atoms with Gasteiger partial charge in [0, 0.05) is 0 Å². The van der Waals surface area contributed by atoms with Crippen molar-refractivity contribution in [3.8, 4) is 11.5 Å². The SMILES string of the molecule is Oc1ccccc1OCc1ncco1. The van der Waals surface area contributed by atoms with E-state index < -0.39 is 0 Å². The molecule has 0 saturated carbocycles. The van der Waals surface area contributed by atoms with Crippen LogP contribution in [-0.4, -0.2) is 10.1 Å². The van der Waals surface area contributed by atoms with Crippen molar-refractivity contribution < 1.29 is 14.3 Å². The Morgan fingerprint density at radius 1 is 1.36 bits per heavy atom. The zero-order valence-electron chi connectivity index (χ0n) is 7.38. The van der Waals surface area contributed by atoms with Gasteiger partial charge in [-0.15, -0.1) is 0 Å². The molecule has 14 heavy (non-hydrogen) atoms. The highest BCUT2D eigenvalue weighted by Crippen LogP contribution is 2.24. The van der Waals surface area contributed by atoms with Crippen LogP contribution in [0, 0.1) is 0 Å². The maximum absolute atomic E-state index is 9.36. The summed E-state index contributed by atoms with van der Waals surface area (Å²) in [4.78, 5) is 3.89. The lowest BCUT2D eigenvalue weighted by atomic mass is 10.3. The van der Waals surface area contributed by atoms with Gasteiger partial charge in [-0.05, 0) is 12.1 Å². The summed E-state index contributed by atoms with van der Waals surface area (Å²) in [5, 5.41) is 9.36. The zero-order chi connectivity index (χ0) is 9.80. The highest BCUT2D eigenvalue weighted by Gasteiger charge is 2.02. The van der Waals surface area contributed by atoms with Crippen LogP contribution < -0.4 is 4.74 Å². The van der Waals surface area contributed by atoms with Crippen LogP contribution in [0.2, 0.25) is 0 Å². The molecule has 2 rings (SSSR count).